The Hall–Kier alpha value is -1.24. The third kappa shape index (κ3) is 3.90. The number of β-amino-alcohol motifs (C(OH)–C–C–N with tert-alkyl or cyclic N) is 1. The SMILES string of the molecule is CN(C)CC1CC(O)CN1c1ncc(CNC2CC2)cn1. The number of hydrogen-bond acceptors (Lipinski definition) is 6. The Morgan fingerprint density at radius 3 is 2.67 bits per heavy atom. The summed E-state index contributed by atoms with van der Waals surface area (Å²) < 4.78 is 0. The third-order valence-corrected chi connectivity index (χ3v) is 4.09. The van der Waals surface area contributed by atoms with Crippen LogP contribution in [0.2, 0.25) is 0 Å². The molecule has 1 aliphatic heterocycles. The number of rotatable bonds is 6. The Balaban J connectivity index is 1.63. The van der Waals surface area contributed by atoms with Crippen LogP contribution in [-0.4, -0.2) is 65.3 Å². The molecule has 1 saturated heterocycles. The fraction of sp³-hybridized carbons (Fsp3) is 0.733. The van der Waals surface area contributed by atoms with Gasteiger partial charge in [0.1, 0.15) is 0 Å². The van der Waals surface area contributed by atoms with Gasteiger partial charge in [-0.15, -0.1) is 0 Å². The van der Waals surface area contributed by atoms with Crippen molar-refractivity contribution in [3.63, 3.8) is 0 Å². The molecule has 1 aromatic rings. The van der Waals surface area contributed by atoms with Gasteiger partial charge in [-0.25, -0.2) is 9.97 Å². The average Bonchev–Trinajstić information content (AvgIpc) is 3.20. The van der Waals surface area contributed by atoms with Crippen molar-refractivity contribution in [2.45, 2.75) is 44.0 Å². The number of nitrogens with one attached hydrogen (secondary N) is 1. The number of aliphatic hydroxyl groups is 1. The molecule has 0 aromatic carbocycles. The van der Waals surface area contributed by atoms with Crippen LogP contribution in [0.3, 0.4) is 0 Å². The van der Waals surface area contributed by atoms with Crippen LogP contribution in [0.1, 0.15) is 24.8 Å². The summed E-state index contributed by atoms with van der Waals surface area (Å²) in [6.07, 6.45) is 6.87. The molecule has 6 heteroatoms. The summed E-state index contributed by atoms with van der Waals surface area (Å²) in [6, 6.07) is 0.980. The van der Waals surface area contributed by atoms with Crippen molar-refractivity contribution < 1.29 is 5.11 Å². The van der Waals surface area contributed by atoms with Crippen molar-refractivity contribution >= 4 is 5.95 Å². The topological polar surface area (TPSA) is 64.5 Å². The fourth-order valence-electron chi connectivity index (χ4n) is 2.87. The summed E-state index contributed by atoms with van der Waals surface area (Å²) >= 11 is 0. The second kappa shape index (κ2) is 6.25. The Kier molecular flexibility index (Phi) is 4.37. The van der Waals surface area contributed by atoms with Gasteiger partial charge in [0.2, 0.25) is 5.95 Å². The molecule has 2 unspecified atom stereocenters. The standard InChI is InChI=1S/C15H25N5O/c1-19(2)9-13-5-14(21)10-20(13)15-17-7-11(8-18-15)6-16-12-3-4-12/h7-8,12-14,16,21H,3-6,9-10H2,1-2H3. The van der Waals surface area contributed by atoms with Gasteiger partial charge in [-0.1, -0.05) is 0 Å². The van der Waals surface area contributed by atoms with Crippen molar-refractivity contribution in [2.24, 2.45) is 0 Å². The predicted molar refractivity (Wildman–Crippen MR) is 82.2 cm³/mol. The minimum atomic E-state index is -0.283. The van der Waals surface area contributed by atoms with Crippen LogP contribution >= 0.6 is 0 Å². The minimum Gasteiger partial charge on any atom is -0.391 e. The molecule has 1 aromatic heterocycles. The Bertz CT molecular complexity index is 460. The lowest BCUT2D eigenvalue weighted by Gasteiger charge is -2.26. The highest BCUT2D eigenvalue weighted by molar-refractivity contribution is 5.34. The first-order chi connectivity index (χ1) is 10.1. The van der Waals surface area contributed by atoms with E-state index in [1.165, 1.54) is 12.8 Å². The van der Waals surface area contributed by atoms with E-state index in [0.29, 0.717) is 12.6 Å². The lowest BCUT2D eigenvalue weighted by molar-refractivity contribution is 0.191. The van der Waals surface area contributed by atoms with Crippen LogP contribution in [-0.2, 0) is 6.54 Å². The summed E-state index contributed by atoms with van der Waals surface area (Å²) in [7, 11) is 4.10. The molecule has 0 radical (unpaired) electrons. The van der Waals surface area contributed by atoms with Gasteiger partial charge >= 0.3 is 0 Å². The second-order valence-electron chi connectivity index (χ2n) is 6.50. The third-order valence-electron chi connectivity index (χ3n) is 4.09. The van der Waals surface area contributed by atoms with E-state index in [0.717, 1.165) is 31.0 Å². The van der Waals surface area contributed by atoms with Crippen molar-refractivity contribution in [3.05, 3.63) is 18.0 Å². The number of anilines is 1. The van der Waals surface area contributed by atoms with Crippen LogP contribution in [0.15, 0.2) is 12.4 Å². The van der Waals surface area contributed by atoms with E-state index < -0.39 is 0 Å². The van der Waals surface area contributed by atoms with Gasteiger partial charge in [-0.05, 0) is 33.4 Å². The first kappa shape index (κ1) is 14.7. The van der Waals surface area contributed by atoms with Crippen molar-refractivity contribution in [3.8, 4) is 0 Å². The van der Waals surface area contributed by atoms with Crippen molar-refractivity contribution in [2.75, 3.05) is 32.1 Å². The van der Waals surface area contributed by atoms with Gasteiger partial charge < -0.3 is 20.2 Å². The maximum Gasteiger partial charge on any atom is 0.225 e. The van der Waals surface area contributed by atoms with Gasteiger partial charge in [-0.3, -0.25) is 0 Å². The number of likely N-dealkylation sites (N-methyl/N-ethyl adjacent to an activating group) is 1. The van der Waals surface area contributed by atoms with Crippen LogP contribution in [0.4, 0.5) is 5.95 Å². The highest BCUT2D eigenvalue weighted by Gasteiger charge is 2.32. The van der Waals surface area contributed by atoms with Gasteiger partial charge in [0.05, 0.1) is 6.10 Å². The molecule has 116 valence electrons. The Morgan fingerprint density at radius 2 is 2.05 bits per heavy atom. The molecule has 2 fully saturated rings. The first-order valence-corrected chi connectivity index (χ1v) is 7.75. The van der Waals surface area contributed by atoms with Crippen LogP contribution in [0, 0.1) is 0 Å². The van der Waals surface area contributed by atoms with E-state index in [1.807, 2.05) is 12.4 Å². The summed E-state index contributed by atoms with van der Waals surface area (Å²) in [4.78, 5) is 13.3. The van der Waals surface area contributed by atoms with Crippen molar-refractivity contribution in [1.29, 1.82) is 0 Å². The van der Waals surface area contributed by atoms with Crippen LogP contribution in [0.5, 0.6) is 0 Å². The molecule has 2 atom stereocenters. The molecule has 2 heterocycles. The number of aromatic nitrogens is 2. The van der Waals surface area contributed by atoms with Gasteiger partial charge in [0.15, 0.2) is 0 Å². The van der Waals surface area contributed by atoms with Gasteiger partial charge in [0.25, 0.3) is 0 Å². The zero-order chi connectivity index (χ0) is 14.8. The van der Waals surface area contributed by atoms with E-state index in [4.69, 9.17) is 0 Å². The molecule has 2 aliphatic rings. The molecule has 1 saturated carbocycles. The lowest BCUT2D eigenvalue weighted by atomic mass is 10.2. The maximum absolute atomic E-state index is 9.93. The summed E-state index contributed by atoms with van der Waals surface area (Å²) in [5.41, 5.74) is 1.12. The maximum atomic E-state index is 9.93. The zero-order valence-electron chi connectivity index (χ0n) is 12.9. The molecule has 0 amide bonds. The molecule has 21 heavy (non-hydrogen) atoms. The summed E-state index contributed by atoms with van der Waals surface area (Å²) in [5.74, 6) is 0.730. The number of nitrogens with zero attached hydrogens (tertiary/aromatic N) is 4. The van der Waals surface area contributed by atoms with Gasteiger partial charge in [0, 0.05) is 49.7 Å². The average molecular weight is 291 g/mol. The molecular weight excluding hydrogens is 266 g/mol. The molecule has 1 aliphatic carbocycles. The molecular formula is C15H25N5O. The minimum absolute atomic E-state index is 0.283. The highest BCUT2D eigenvalue weighted by Crippen LogP contribution is 2.23. The lowest BCUT2D eigenvalue weighted by Crippen LogP contribution is -2.38. The largest absolute Gasteiger partial charge is 0.391 e. The van der Waals surface area contributed by atoms with Crippen LogP contribution < -0.4 is 10.2 Å². The van der Waals surface area contributed by atoms with Crippen LogP contribution in [0.25, 0.3) is 0 Å². The fourth-order valence-corrected chi connectivity index (χ4v) is 2.87. The smallest absolute Gasteiger partial charge is 0.225 e. The summed E-state index contributed by atoms with van der Waals surface area (Å²) in [5, 5.41) is 13.4. The van der Waals surface area contributed by atoms with Crippen molar-refractivity contribution in [1.82, 2.24) is 20.2 Å². The summed E-state index contributed by atoms with van der Waals surface area (Å²) in [6.45, 7) is 2.37. The van der Waals surface area contributed by atoms with Gasteiger partial charge in [-0.2, -0.15) is 0 Å². The normalized spacial score (nSPS) is 25.8. The van der Waals surface area contributed by atoms with E-state index in [9.17, 15) is 5.11 Å². The predicted octanol–water partition coefficient (Wildman–Crippen LogP) is 0.230. The van der Waals surface area contributed by atoms with E-state index in [1.54, 1.807) is 0 Å². The van der Waals surface area contributed by atoms with E-state index >= 15 is 0 Å². The van der Waals surface area contributed by atoms with E-state index in [-0.39, 0.29) is 12.1 Å². The zero-order valence-corrected chi connectivity index (χ0v) is 12.9. The molecule has 0 bridgehead atoms. The Labute approximate surface area is 126 Å². The quantitative estimate of drug-likeness (QED) is 0.782. The molecule has 6 nitrogen and oxygen atoms in total. The molecule has 0 spiro atoms. The van der Waals surface area contributed by atoms with E-state index in [2.05, 4.69) is 39.2 Å². The monoisotopic (exact) mass is 291 g/mol. The first-order valence-electron chi connectivity index (χ1n) is 7.75. The second-order valence-corrected chi connectivity index (χ2v) is 6.50. The Morgan fingerprint density at radius 1 is 1.33 bits per heavy atom. The highest BCUT2D eigenvalue weighted by atomic mass is 16.3. The number of aliphatic hydroxyl groups excluding tert-OH is 1. The number of hydrogen-bond donors (Lipinski definition) is 2. The molecule has 2 N–H and O–H groups in total. The molecule has 3 rings (SSSR count).